The van der Waals surface area contributed by atoms with Crippen LogP contribution < -0.4 is 0 Å². The molecular formula is C15H11NO2. The lowest BCUT2D eigenvalue weighted by atomic mass is 10.1. The predicted octanol–water partition coefficient (Wildman–Crippen LogP) is 3.17. The van der Waals surface area contributed by atoms with Gasteiger partial charge in [0.15, 0.2) is 0 Å². The minimum atomic E-state index is -0.350. The molecule has 3 aromatic rings. The summed E-state index contributed by atoms with van der Waals surface area (Å²) in [6.45, 7) is 0. The molecule has 3 nitrogen and oxygen atoms in total. The third-order valence-electron chi connectivity index (χ3n) is 3.00. The van der Waals surface area contributed by atoms with Gasteiger partial charge in [0.2, 0.25) is 0 Å². The number of methoxy groups -OCH3 is 1. The molecule has 0 fully saturated rings. The topological polar surface area (TPSA) is 39.2 Å². The number of fused-ring (bicyclic) bond motifs is 2. The van der Waals surface area contributed by atoms with Crippen LogP contribution in [0.5, 0.6) is 0 Å². The van der Waals surface area contributed by atoms with Crippen molar-refractivity contribution in [3.05, 3.63) is 54.2 Å². The molecule has 0 amide bonds. The molecule has 0 aliphatic carbocycles. The van der Waals surface area contributed by atoms with Gasteiger partial charge >= 0.3 is 5.97 Å². The Balaban J connectivity index is 2.37. The molecule has 0 radical (unpaired) electrons. The van der Waals surface area contributed by atoms with Gasteiger partial charge in [0, 0.05) is 11.6 Å². The zero-order chi connectivity index (χ0) is 12.5. The normalized spacial score (nSPS) is 10.7. The van der Waals surface area contributed by atoms with Crippen LogP contribution in [0.25, 0.3) is 21.7 Å². The van der Waals surface area contributed by atoms with Crippen molar-refractivity contribution in [2.24, 2.45) is 0 Å². The summed E-state index contributed by atoms with van der Waals surface area (Å²) in [5, 5.41) is 3.01. The fourth-order valence-electron chi connectivity index (χ4n) is 2.09. The molecule has 2 aromatic carbocycles. The largest absolute Gasteiger partial charge is 0.465 e. The average Bonchev–Trinajstić information content (AvgIpc) is 2.65. The molecule has 0 saturated heterocycles. The number of aromatic nitrogens is 1. The molecule has 0 bridgehead atoms. The van der Waals surface area contributed by atoms with E-state index in [0.717, 1.165) is 21.7 Å². The molecule has 0 aliphatic heterocycles. The van der Waals surface area contributed by atoms with Gasteiger partial charge in [-0.1, -0.05) is 30.3 Å². The lowest BCUT2D eigenvalue weighted by Gasteiger charge is -1.98. The highest BCUT2D eigenvalue weighted by atomic mass is 16.5. The molecule has 0 aliphatic rings. The third-order valence-corrected chi connectivity index (χ3v) is 3.00. The molecule has 0 unspecified atom stereocenters. The van der Waals surface area contributed by atoms with Crippen molar-refractivity contribution in [3.8, 4) is 0 Å². The van der Waals surface area contributed by atoms with Gasteiger partial charge in [0.1, 0.15) is 0 Å². The molecule has 18 heavy (non-hydrogen) atoms. The monoisotopic (exact) mass is 237 g/mol. The van der Waals surface area contributed by atoms with E-state index in [1.54, 1.807) is 6.20 Å². The van der Waals surface area contributed by atoms with Crippen molar-refractivity contribution >= 4 is 27.6 Å². The van der Waals surface area contributed by atoms with Crippen molar-refractivity contribution in [1.29, 1.82) is 0 Å². The first-order chi connectivity index (χ1) is 8.79. The molecule has 3 rings (SSSR count). The van der Waals surface area contributed by atoms with Gasteiger partial charge in [-0.25, -0.2) is 4.79 Å². The molecule has 0 spiro atoms. The van der Waals surface area contributed by atoms with Crippen molar-refractivity contribution in [2.45, 2.75) is 0 Å². The van der Waals surface area contributed by atoms with Crippen LogP contribution in [0.15, 0.2) is 48.7 Å². The van der Waals surface area contributed by atoms with E-state index in [4.69, 9.17) is 4.74 Å². The van der Waals surface area contributed by atoms with Gasteiger partial charge < -0.3 is 4.74 Å². The Morgan fingerprint density at radius 2 is 1.83 bits per heavy atom. The molecular weight excluding hydrogens is 226 g/mol. The van der Waals surface area contributed by atoms with E-state index in [1.165, 1.54) is 7.11 Å². The van der Waals surface area contributed by atoms with Crippen LogP contribution >= 0.6 is 0 Å². The smallest absolute Gasteiger partial charge is 0.340 e. The van der Waals surface area contributed by atoms with Crippen LogP contribution in [-0.4, -0.2) is 18.1 Å². The summed E-state index contributed by atoms with van der Waals surface area (Å²) in [4.78, 5) is 15.9. The zero-order valence-electron chi connectivity index (χ0n) is 9.88. The predicted molar refractivity (Wildman–Crippen MR) is 70.6 cm³/mol. The highest BCUT2D eigenvalue weighted by molar-refractivity contribution is 6.08. The summed E-state index contributed by atoms with van der Waals surface area (Å²) in [5.74, 6) is -0.350. The maximum Gasteiger partial charge on any atom is 0.340 e. The molecule has 0 atom stereocenters. The van der Waals surface area contributed by atoms with Gasteiger partial charge in [-0.3, -0.25) is 4.98 Å². The summed E-state index contributed by atoms with van der Waals surface area (Å²) in [7, 11) is 1.38. The first-order valence-corrected chi connectivity index (χ1v) is 5.65. The molecule has 88 valence electrons. The van der Waals surface area contributed by atoms with E-state index >= 15 is 0 Å². The minimum Gasteiger partial charge on any atom is -0.465 e. The number of esters is 1. The first-order valence-electron chi connectivity index (χ1n) is 5.65. The Bertz CT molecular complexity index is 750. The third kappa shape index (κ3) is 1.61. The summed E-state index contributed by atoms with van der Waals surface area (Å²) in [6.07, 6.45) is 1.56. The quantitative estimate of drug-likeness (QED) is 0.610. The standard InChI is InChI=1S/C15H11NO2/c1-18-15(17)13-9-16-14-8-11-6-4-2-3-5-10(11)7-12(13)14/h2-9H,1H3. The van der Waals surface area contributed by atoms with E-state index in [2.05, 4.69) is 4.98 Å². The van der Waals surface area contributed by atoms with Crippen LogP contribution in [0.4, 0.5) is 0 Å². The number of nitrogens with zero attached hydrogens (tertiary/aromatic N) is 1. The van der Waals surface area contributed by atoms with E-state index in [9.17, 15) is 4.79 Å². The van der Waals surface area contributed by atoms with Gasteiger partial charge in [-0.05, 0) is 22.9 Å². The zero-order valence-corrected chi connectivity index (χ0v) is 9.88. The molecule has 1 aromatic heterocycles. The molecule has 0 saturated carbocycles. The van der Waals surface area contributed by atoms with Crippen molar-refractivity contribution < 1.29 is 9.53 Å². The number of carbonyl (C=O) groups excluding carboxylic acids is 1. The van der Waals surface area contributed by atoms with Crippen LogP contribution in [0.1, 0.15) is 10.4 Å². The van der Waals surface area contributed by atoms with Gasteiger partial charge in [0.25, 0.3) is 0 Å². The summed E-state index contributed by atoms with van der Waals surface area (Å²) in [5.41, 5.74) is 1.33. The summed E-state index contributed by atoms with van der Waals surface area (Å²) >= 11 is 0. The molecule has 0 N–H and O–H groups in total. The minimum absolute atomic E-state index is 0.350. The maximum atomic E-state index is 11.6. The number of hydrogen-bond donors (Lipinski definition) is 0. The second-order valence-corrected chi connectivity index (χ2v) is 4.07. The number of hydrogen-bond acceptors (Lipinski definition) is 3. The molecule has 1 heterocycles. The number of carbonyl (C=O) groups is 1. The van der Waals surface area contributed by atoms with Crippen molar-refractivity contribution in [3.63, 3.8) is 0 Å². The SMILES string of the molecule is COC(=O)c1cnc2cc3cccccc3cc12. The van der Waals surface area contributed by atoms with E-state index in [1.807, 2.05) is 42.5 Å². The number of benzene rings is 1. The summed E-state index contributed by atoms with van der Waals surface area (Å²) < 4.78 is 4.75. The first kappa shape index (κ1) is 10.7. The molecule has 3 heteroatoms. The Kier molecular flexibility index (Phi) is 2.45. The van der Waals surface area contributed by atoms with Gasteiger partial charge in [0.05, 0.1) is 18.2 Å². The van der Waals surface area contributed by atoms with Crippen molar-refractivity contribution in [1.82, 2.24) is 4.98 Å². The highest BCUT2D eigenvalue weighted by Crippen LogP contribution is 2.24. The van der Waals surface area contributed by atoms with Crippen LogP contribution in [0.2, 0.25) is 0 Å². The Labute approximate surface area is 104 Å². The van der Waals surface area contributed by atoms with E-state index in [0.29, 0.717) is 5.56 Å². The van der Waals surface area contributed by atoms with Crippen LogP contribution in [0, 0.1) is 0 Å². The van der Waals surface area contributed by atoms with E-state index in [-0.39, 0.29) is 5.97 Å². The lowest BCUT2D eigenvalue weighted by Crippen LogP contribution is -1.99. The second-order valence-electron chi connectivity index (χ2n) is 4.07. The Morgan fingerprint density at radius 1 is 1.11 bits per heavy atom. The second kappa shape index (κ2) is 4.11. The number of ether oxygens (including phenoxy) is 1. The fraction of sp³-hybridized carbons (Fsp3) is 0.0667. The van der Waals surface area contributed by atoms with E-state index < -0.39 is 0 Å². The maximum absolute atomic E-state index is 11.6. The van der Waals surface area contributed by atoms with Crippen molar-refractivity contribution in [2.75, 3.05) is 7.11 Å². The van der Waals surface area contributed by atoms with Gasteiger partial charge in [-0.2, -0.15) is 0 Å². The van der Waals surface area contributed by atoms with Crippen LogP contribution in [0.3, 0.4) is 0 Å². The lowest BCUT2D eigenvalue weighted by molar-refractivity contribution is 0.0603. The average molecular weight is 237 g/mol. The summed E-state index contributed by atoms with van der Waals surface area (Å²) in [6, 6.07) is 13.9. The fourth-order valence-corrected chi connectivity index (χ4v) is 2.09. The number of rotatable bonds is 1. The Morgan fingerprint density at radius 3 is 2.56 bits per heavy atom. The highest BCUT2D eigenvalue weighted by Gasteiger charge is 2.13. The Hall–Kier alpha value is -2.42. The van der Waals surface area contributed by atoms with Crippen LogP contribution in [-0.2, 0) is 4.74 Å². The van der Waals surface area contributed by atoms with Gasteiger partial charge in [-0.15, -0.1) is 0 Å².